The fourth-order valence-electron chi connectivity index (χ4n) is 3.27. The average molecular weight is 394 g/mol. The number of carbonyl (C=O) groups is 1. The third-order valence-electron chi connectivity index (χ3n) is 4.68. The molecule has 0 fully saturated rings. The second-order valence-corrected chi connectivity index (χ2v) is 6.81. The first-order valence-corrected chi connectivity index (χ1v) is 9.78. The molecule has 5 nitrogen and oxygen atoms in total. The van der Waals surface area contributed by atoms with Crippen molar-refractivity contribution in [1.82, 2.24) is 0 Å². The highest BCUT2D eigenvalue weighted by Crippen LogP contribution is 2.29. The first kappa shape index (κ1) is 20.5. The molecule has 0 atom stereocenters. The zero-order chi connectivity index (χ0) is 20.6. The summed E-state index contributed by atoms with van der Waals surface area (Å²) in [5.74, 6) is 2.49. The number of carboxylic acids is 1. The molecule has 5 heteroatoms. The third-order valence-corrected chi connectivity index (χ3v) is 4.68. The minimum Gasteiger partial charge on any atom is -0.497 e. The highest BCUT2D eigenvalue weighted by atomic mass is 16.5. The number of benzene rings is 2. The Balaban J connectivity index is 1.59. The zero-order valence-corrected chi connectivity index (χ0v) is 16.8. The maximum atomic E-state index is 10.8. The summed E-state index contributed by atoms with van der Waals surface area (Å²) in [5, 5.41) is 8.90. The number of rotatable bonds is 10. The Morgan fingerprint density at radius 3 is 2.62 bits per heavy atom. The summed E-state index contributed by atoms with van der Waals surface area (Å²) in [6, 6.07) is 17.2. The van der Waals surface area contributed by atoms with Crippen LogP contribution in [0.1, 0.15) is 30.2 Å². The Bertz CT molecular complexity index is 957. The van der Waals surface area contributed by atoms with E-state index in [2.05, 4.69) is 13.0 Å². The number of aryl methyl sites for hydroxylation is 2. The topological polar surface area (TPSA) is 68.9 Å². The average Bonchev–Trinajstić information content (AvgIpc) is 3.14. The summed E-state index contributed by atoms with van der Waals surface area (Å²) in [5.41, 5.74) is 2.92. The van der Waals surface area contributed by atoms with Crippen molar-refractivity contribution in [3.63, 3.8) is 0 Å². The Kier molecular flexibility index (Phi) is 6.95. The van der Waals surface area contributed by atoms with Crippen LogP contribution >= 0.6 is 0 Å². The van der Waals surface area contributed by atoms with Gasteiger partial charge in [0.15, 0.2) is 0 Å². The van der Waals surface area contributed by atoms with Gasteiger partial charge in [-0.3, -0.25) is 4.79 Å². The van der Waals surface area contributed by atoms with Gasteiger partial charge in [0, 0.05) is 12.0 Å². The highest BCUT2D eigenvalue weighted by Gasteiger charge is 2.12. The number of furan rings is 1. The number of hydrogen-bond acceptors (Lipinski definition) is 4. The Labute approximate surface area is 170 Å². The minimum absolute atomic E-state index is 0.000865. The number of methoxy groups -OCH3 is 1. The number of hydrogen-bond donors (Lipinski definition) is 1. The maximum absolute atomic E-state index is 10.8. The lowest BCUT2D eigenvalue weighted by Gasteiger charge is -2.07. The highest BCUT2D eigenvalue weighted by molar-refractivity contribution is 5.70. The van der Waals surface area contributed by atoms with E-state index in [4.69, 9.17) is 19.0 Å². The lowest BCUT2D eigenvalue weighted by atomic mass is 10.1. The van der Waals surface area contributed by atoms with E-state index in [1.165, 1.54) is 5.56 Å². The van der Waals surface area contributed by atoms with E-state index in [9.17, 15) is 4.79 Å². The van der Waals surface area contributed by atoms with Crippen molar-refractivity contribution in [2.45, 2.75) is 32.6 Å². The van der Waals surface area contributed by atoms with Crippen LogP contribution in [0.25, 0.3) is 11.3 Å². The van der Waals surface area contributed by atoms with E-state index < -0.39 is 5.97 Å². The molecule has 1 aromatic heterocycles. The molecule has 0 aliphatic heterocycles. The molecule has 0 unspecified atom stereocenters. The minimum atomic E-state index is -0.846. The molecule has 2 aromatic carbocycles. The molecule has 1 heterocycles. The molecule has 0 amide bonds. The second kappa shape index (κ2) is 9.82. The molecule has 3 aromatic rings. The maximum Gasteiger partial charge on any atom is 0.307 e. The van der Waals surface area contributed by atoms with E-state index in [1.807, 2.05) is 36.4 Å². The van der Waals surface area contributed by atoms with Gasteiger partial charge in [-0.1, -0.05) is 31.2 Å². The van der Waals surface area contributed by atoms with Gasteiger partial charge >= 0.3 is 5.97 Å². The fraction of sp³-hybridized carbons (Fsp3) is 0.292. The van der Waals surface area contributed by atoms with Crippen molar-refractivity contribution < 1.29 is 23.8 Å². The van der Waals surface area contributed by atoms with Crippen molar-refractivity contribution in [2.75, 3.05) is 13.7 Å². The van der Waals surface area contributed by atoms with Gasteiger partial charge in [-0.2, -0.15) is 0 Å². The van der Waals surface area contributed by atoms with Gasteiger partial charge in [0.2, 0.25) is 0 Å². The fourth-order valence-corrected chi connectivity index (χ4v) is 3.27. The summed E-state index contributed by atoms with van der Waals surface area (Å²) in [6.45, 7) is 2.64. The van der Waals surface area contributed by atoms with Crippen LogP contribution in [0.5, 0.6) is 11.5 Å². The molecule has 3 rings (SSSR count). The van der Waals surface area contributed by atoms with Crippen LogP contribution in [0.3, 0.4) is 0 Å². The van der Waals surface area contributed by atoms with Gasteiger partial charge in [0.25, 0.3) is 0 Å². The Morgan fingerprint density at radius 2 is 1.86 bits per heavy atom. The van der Waals surface area contributed by atoms with Gasteiger partial charge in [0.05, 0.1) is 20.1 Å². The molecule has 0 spiro atoms. The van der Waals surface area contributed by atoms with Crippen LogP contribution in [0.2, 0.25) is 0 Å². The van der Waals surface area contributed by atoms with Crippen LogP contribution in [0.4, 0.5) is 0 Å². The van der Waals surface area contributed by atoms with Crippen molar-refractivity contribution in [3.05, 3.63) is 71.5 Å². The second-order valence-electron chi connectivity index (χ2n) is 6.81. The van der Waals surface area contributed by atoms with Gasteiger partial charge < -0.3 is 19.0 Å². The molecule has 152 valence electrons. The van der Waals surface area contributed by atoms with E-state index in [1.54, 1.807) is 19.2 Å². The first-order chi connectivity index (χ1) is 14.1. The molecular formula is C24H26O5. The summed E-state index contributed by atoms with van der Waals surface area (Å²) in [7, 11) is 1.65. The molecule has 1 N–H and O–H groups in total. The van der Waals surface area contributed by atoms with Crippen LogP contribution in [-0.4, -0.2) is 24.8 Å². The molecule has 0 saturated carbocycles. The predicted molar refractivity (Wildman–Crippen MR) is 112 cm³/mol. The third kappa shape index (κ3) is 5.64. The molecule has 0 aliphatic carbocycles. The van der Waals surface area contributed by atoms with Gasteiger partial charge in [0.1, 0.15) is 23.0 Å². The smallest absolute Gasteiger partial charge is 0.307 e. The van der Waals surface area contributed by atoms with E-state index in [0.29, 0.717) is 12.4 Å². The lowest BCUT2D eigenvalue weighted by molar-refractivity contribution is -0.136. The van der Waals surface area contributed by atoms with Crippen molar-refractivity contribution in [1.29, 1.82) is 0 Å². The van der Waals surface area contributed by atoms with Gasteiger partial charge in [-0.15, -0.1) is 0 Å². The van der Waals surface area contributed by atoms with E-state index in [-0.39, 0.29) is 6.42 Å². The summed E-state index contributed by atoms with van der Waals surface area (Å²) < 4.78 is 17.2. The quantitative estimate of drug-likeness (QED) is 0.481. The van der Waals surface area contributed by atoms with Crippen molar-refractivity contribution in [3.8, 4) is 22.8 Å². The van der Waals surface area contributed by atoms with Crippen LogP contribution in [0, 0.1) is 0 Å². The first-order valence-electron chi connectivity index (χ1n) is 9.78. The number of aliphatic carboxylic acids is 1. The summed E-state index contributed by atoms with van der Waals surface area (Å²) >= 11 is 0. The summed E-state index contributed by atoms with van der Waals surface area (Å²) in [6.07, 6.45) is 2.52. The zero-order valence-electron chi connectivity index (χ0n) is 16.8. The van der Waals surface area contributed by atoms with Crippen LogP contribution in [0.15, 0.2) is 59.0 Å². The predicted octanol–water partition coefficient (Wildman–Crippen LogP) is 5.16. The van der Waals surface area contributed by atoms with Crippen molar-refractivity contribution in [2.24, 2.45) is 0 Å². The molecule has 0 bridgehead atoms. The SMILES string of the molecule is CCc1oc(-c2cccc(OC)c2)cc1CCCOc1cccc(CC(=O)O)c1. The largest absolute Gasteiger partial charge is 0.497 e. The Morgan fingerprint density at radius 1 is 1.07 bits per heavy atom. The number of carboxylic acid groups (broad SMARTS) is 1. The lowest BCUT2D eigenvalue weighted by Crippen LogP contribution is -2.02. The Hall–Kier alpha value is -3.21. The molecular weight excluding hydrogens is 368 g/mol. The van der Waals surface area contributed by atoms with Crippen LogP contribution < -0.4 is 9.47 Å². The van der Waals surface area contributed by atoms with Crippen molar-refractivity contribution >= 4 is 5.97 Å². The summed E-state index contributed by atoms with van der Waals surface area (Å²) in [4.78, 5) is 10.8. The molecule has 0 saturated heterocycles. The molecule has 0 radical (unpaired) electrons. The molecule has 0 aliphatic rings. The van der Waals surface area contributed by atoms with E-state index >= 15 is 0 Å². The van der Waals surface area contributed by atoms with E-state index in [0.717, 1.165) is 47.7 Å². The van der Waals surface area contributed by atoms with Gasteiger partial charge in [-0.25, -0.2) is 0 Å². The standard InChI is InChI=1S/C24H26O5/c1-3-22-19(16-23(29-22)18-8-5-10-20(15-18)27-2)9-6-12-28-21-11-4-7-17(13-21)14-24(25)26/h4-5,7-8,10-11,13,15-16H,3,6,9,12,14H2,1-2H3,(H,25,26). The molecule has 29 heavy (non-hydrogen) atoms. The van der Waals surface area contributed by atoms with Crippen LogP contribution in [-0.2, 0) is 24.1 Å². The monoisotopic (exact) mass is 394 g/mol. The number of ether oxygens (including phenoxy) is 2. The van der Waals surface area contributed by atoms with Gasteiger partial charge in [-0.05, 0) is 54.3 Å². The normalized spacial score (nSPS) is 10.7.